The topological polar surface area (TPSA) is 36.9 Å². The van der Waals surface area contributed by atoms with Gasteiger partial charge >= 0.3 is 0 Å². The fraction of sp³-hybridized carbons (Fsp3) is 0.538. The molecule has 11 atom stereocenters. The lowest BCUT2D eigenvalue weighted by atomic mass is 9.43. The van der Waals surface area contributed by atoms with E-state index in [2.05, 4.69) is 132 Å². The summed E-state index contributed by atoms with van der Waals surface area (Å²) in [4.78, 5) is 0. The van der Waals surface area contributed by atoms with Gasteiger partial charge in [-0.2, -0.15) is 0 Å². The van der Waals surface area contributed by atoms with Crippen molar-refractivity contribution >= 4 is 0 Å². The molecule has 0 aromatic heterocycles. The van der Waals surface area contributed by atoms with E-state index in [4.69, 9.17) is 18.9 Å². The average Bonchev–Trinajstić information content (AvgIpc) is 3.60. The SMILES string of the molecule is C=CCO[C@@H]1CC[C@@]2(C)C(C1)C[C@@H](OCC=C)C1[C@@H]3CC[C@H]([C@H](C)CCCOC(c4ccccc4)(c4ccccc4)c4ccccc4)[C@@]3(C)[C@@H](OCC=C)C[C@@H]12. The van der Waals surface area contributed by atoms with Crippen molar-refractivity contribution in [3.63, 3.8) is 0 Å². The van der Waals surface area contributed by atoms with Crippen LogP contribution < -0.4 is 0 Å². The third kappa shape index (κ3) is 7.69. The first-order valence-corrected chi connectivity index (χ1v) is 21.8. The summed E-state index contributed by atoms with van der Waals surface area (Å²) >= 11 is 0. The molecule has 4 aliphatic rings. The number of rotatable bonds is 18. The predicted octanol–water partition coefficient (Wildman–Crippen LogP) is 12.0. The predicted molar refractivity (Wildman–Crippen MR) is 229 cm³/mol. The van der Waals surface area contributed by atoms with Crippen LogP contribution in [0.5, 0.6) is 0 Å². The number of benzene rings is 3. The van der Waals surface area contributed by atoms with Gasteiger partial charge < -0.3 is 18.9 Å². The summed E-state index contributed by atoms with van der Waals surface area (Å²) in [5.74, 6) is 3.34. The third-order valence-electron chi connectivity index (χ3n) is 15.4. The van der Waals surface area contributed by atoms with Gasteiger partial charge in [-0.05, 0) is 115 Å². The Morgan fingerprint density at radius 3 is 1.86 bits per heavy atom. The van der Waals surface area contributed by atoms with Crippen molar-refractivity contribution in [2.24, 2.45) is 46.3 Å². The molecule has 0 heterocycles. The highest BCUT2D eigenvalue weighted by Gasteiger charge is 2.66. The van der Waals surface area contributed by atoms with E-state index >= 15 is 0 Å². The molecule has 0 amide bonds. The van der Waals surface area contributed by atoms with Gasteiger partial charge in [-0.25, -0.2) is 0 Å². The summed E-state index contributed by atoms with van der Waals surface area (Å²) in [6, 6.07) is 32.3. The van der Waals surface area contributed by atoms with Crippen LogP contribution in [0.15, 0.2) is 129 Å². The van der Waals surface area contributed by atoms with Crippen molar-refractivity contribution in [1.82, 2.24) is 0 Å². The van der Waals surface area contributed by atoms with E-state index in [0.717, 1.165) is 55.2 Å². The van der Waals surface area contributed by atoms with Crippen LogP contribution >= 0.6 is 0 Å². The number of hydrogen-bond acceptors (Lipinski definition) is 4. The molecule has 4 heteroatoms. The van der Waals surface area contributed by atoms with Crippen LogP contribution in [-0.4, -0.2) is 44.7 Å². The van der Waals surface area contributed by atoms with E-state index in [1.807, 2.05) is 18.2 Å². The summed E-state index contributed by atoms with van der Waals surface area (Å²) in [6.07, 6.45) is 16.8. The second kappa shape index (κ2) is 18.1. The van der Waals surface area contributed by atoms with Crippen LogP contribution in [0.1, 0.15) is 95.2 Å². The zero-order valence-electron chi connectivity index (χ0n) is 34.5. The largest absolute Gasteiger partial charge is 0.374 e. The fourth-order valence-corrected chi connectivity index (χ4v) is 12.8. The summed E-state index contributed by atoms with van der Waals surface area (Å²) < 4.78 is 27.4. The van der Waals surface area contributed by atoms with E-state index < -0.39 is 5.60 Å². The van der Waals surface area contributed by atoms with E-state index in [9.17, 15) is 0 Å². The summed E-state index contributed by atoms with van der Waals surface area (Å²) in [5, 5.41) is 0. The van der Waals surface area contributed by atoms with E-state index in [1.54, 1.807) is 0 Å². The Bertz CT molecular complexity index is 1610. The maximum Gasteiger partial charge on any atom is 0.143 e. The minimum atomic E-state index is -0.689. The normalized spacial score (nSPS) is 33.1. The summed E-state index contributed by atoms with van der Waals surface area (Å²) in [5.41, 5.74) is 3.11. The smallest absolute Gasteiger partial charge is 0.143 e. The second-order valence-corrected chi connectivity index (χ2v) is 18.1. The lowest BCUT2D eigenvalue weighted by Gasteiger charge is -2.64. The lowest BCUT2D eigenvalue weighted by molar-refractivity contribution is -0.224. The van der Waals surface area contributed by atoms with Gasteiger partial charge in [-0.1, -0.05) is 130 Å². The Balaban J connectivity index is 1.12. The molecule has 3 aromatic carbocycles. The molecule has 300 valence electrons. The Morgan fingerprint density at radius 2 is 1.27 bits per heavy atom. The van der Waals surface area contributed by atoms with Gasteiger partial charge in [0.1, 0.15) is 5.60 Å². The maximum absolute atomic E-state index is 7.25. The van der Waals surface area contributed by atoms with Gasteiger partial charge in [0.2, 0.25) is 0 Å². The Kier molecular flexibility index (Phi) is 13.2. The van der Waals surface area contributed by atoms with Crippen molar-refractivity contribution in [1.29, 1.82) is 0 Å². The lowest BCUT2D eigenvalue weighted by Crippen LogP contribution is -2.63. The first-order valence-electron chi connectivity index (χ1n) is 21.8. The zero-order chi connectivity index (χ0) is 39.2. The molecule has 4 fully saturated rings. The van der Waals surface area contributed by atoms with Gasteiger partial charge in [0, 0.05) is 12.0 Å². The second-order valence-electron chi connectivity index (χ2n) is 18.1. The number of hydrogen-bond donors (Lipinski definition) is 0. The molecule has 0 aliphatic heterocycles. The zero-order valence-corrected chi connectivity index (χ0v) is 34.5. The highest BCUT2D eigenvalue weighted by Crippen LogP contribution is 2.69. The molecule has 2 unspecified atom stereocenters. The van der Waals surface area contributed by atoms with Gasteiger partial charge in [0.15, 0.2) is 0 Å². The van der Waals surface area contributed by atoms with Crippen LogP contribution in [0, 0.1) is 46.3 Å². The molecule has 3 aromatic rings. The molecule has 0 radical (unpaired) electrons. The molecular weight excluding hydrogens is 689 g/mol. The van der Waals surface area contributed by atoms with Crippen LogP contribution in [0.4, 0.5) is 0 Å². The molecule has 4 nitrogen and oxygen atoms in total. The van der Waals surface area contributed by atoms with Gasteiger partial charge in [0.25, 0.3) is 0 Å². The van der Waals surface area contributed by atoms with E-state index in [1.165, 1.54) is 19.3 Å². The Morgan fingerprint density at radius 1 is 0.696 bits per heavy atom. The Hall–Kier alpha value is -3.28. The number of ether oxygens (including phenoxy) is 4. The molecule has 7 rings (SSSR count). The first-order chi connectivity index (χ1) is 27.3. The molecule has 56 heavy (non-hydrogen) atoms. The van der Waals surface area contributed by atoms with Crippen molar-refractivity contribution in [3.8, 4) is 0 Å². The van der Waals surface area contributed by atoms with Crippen molar-refractivity contribution < 1.29 is 18.9 Å². The van der Waals surface area contributed by atoms with Crippen molar-refractivity contribution in [3.05, 3.63) is 146 Å². The quantitative estimate of drug-likeness (QED) is 0.0736. The Labute approximate surface area is 338 Å². The highest BCUT2D eigenvalue weighted by molar-refractivity contribution is 5.47. The molecule has 0 bridgehead atoms. The van der Waals surface area contributed by atoms with Crippen LogP contribution in [0.25, 0.3) is 0 Å². The first kappa shape index (κ1) is 40.9. The molecule has 0 spiro atoms. The molecule has 4 saturated carbocycles. The third-order valence-corrected chi connectivity index (χ3v) is 15.4. The van der Waals surface area contributed by atoms with Gasteiger partial charge in [0.05, 0.1) is 38.1 Å². The van der Waals surface area contributed by atoms with Crippen molar-refractivity contribution in [2.75, 3.05) is 26.4 Å². The van der Waals surface area contributed by atoms with Crippen LogP contribution in [0.2, 0.25) is 0 Å². The minimum Gasteiger partial charge on any atom is -0.374 e. The molecule has 0 N–H and O–H groups in total. The fourth-order valence-electron chi connectivity index (χ4n) is 12.8. The standard InChI is InChI=1S/C52H68O4/c1-7-31-53-43-29-30-50(5)42(35-43)36-47(54-32-8-2)49-45-28-27-44(51(45,6)48(37-46(49)50)55-33-9-3)38(4)20-19-34-56-52(39-21-13-10-14-22-39,40-23-15-11-16-24-40)41-25-17-12-18-26-41/h7-18,21-26,38,42-49H,1-3,19-20,27-37H2,4-6H3/t38-,42?,43-,44-,45+,46+,47-,48+,49?,50+,51-/m1/s1. The van der Waals surface area contributed by atoms with Gasteiger partial charge in [-0.3, -0.25) is 0 Å². The van der Waals surface area contributed by atoms with E-state index in [0.29, 0.717) is 68.0 Å². The number of fused-ring (bicyclic) bond motifs is 5. The summed E-state index contributed by atoms with van der Waals surface area (Å²) in [7, 11) is 0. The van der Waals surface area contributed by atoms with Gasteiger partial charge in [-0.15, -0.1) is 19.7 Å². The van der Waals surface area contributed by atoms with Crippen molar-refractivity contribution in [2.45, 2.75) is 102 Å². The monoisotopic (exact) mass is 757 g/mol. The molecular formula is C52H68O4. The van der Waals surface area contributed by atoms with E-state index in [-0.39, 0.29) is 23.0 Å². The average molecular weight is 757 g/mol. The molecule has 4 aliphatic carbocycles. The highest BCUT2D eigenvalue weighted by atomic mass is 16.5. The summed E-state index contributed by atoms with van der Waals surface area (Å²) in [6.45, 7) is 22.3. The minimum absolute atomic E-state index is 0.0651. The molecule has 0 saturated heterocycles. The van der Waals surface area contributed by atoms with Crippen LogP contribution in [-0.2, 0) is 24.5 Å². The van der Waals surface area contributed by atoms with Crippen LogP contribution in [0.3, 0.4) is 0 Å². The maximum atomic E-state index is 7.25.